The van der Waals surface area contributed by atoms with E-state index in [4.69, 9.17) is 5.11 Å². The van der Waals surface area contributed by atoms with Gasteiger partial charge in [0.25, 0.3) is 0 Å². The molecule has 27 heavy (non-hydrogen) atoms. The number of imidazole rings is 1. The molecule has 1 aliphatic rings. The number of carboxylic acids is 1. The minimum absolute atomic E-state index is 0.0948. The molecule has 3 aromatic rings. The summed E-state index contributed by atoms with van der Waals surface area (Å²) in [6, 6.07) is 9.55. The largest absolute Gasteiger partial charge is 0.478 e. The average molecular weight is 366 g/mol. The van der Waals surface area contributed by atoms with Crippen molar-refractivity contribution in [2.24, 2.45) is 18.0 Å². The molecule has 2 aromatic carbocycles. The molecule has 138 valence electrons. The van der Waals surface area contributed by atoms with Crippen LogP contribution in [0.1, 0.15) is 35.7 Å². The lowest BCUT2D eigenvalue weighted by Crippen LogP contribution is -2.30. The molecular formula is C20H19FN4O2. The Kier molecular flexibility index (Phi) is 3.95. The number of aromatic nitrogens is 2. The number of nitrogens with zero attached hydrogens (tertiary/aromatic N) is 3. The minimum Gasteiger partial charge on any atom is -0.478 e. The normalized spacial score (nSPS) is 20.5. The third kappa shape index (κ3) is 2.85. The van der Waals surface area contributed by atoms with E-state index in [1.165, 1.54) is 18.2 Å². The molecule has 0 bridgehead atoms. The van der Waals surface area contributed by atoms with Crippen LogP contribution in [0.25, 0.3) is 11.0 Å². The molecule has 4 rings (SSSR count). The topological polar surface area (TPSA) is 79.5 Å². The summed E-state index contributed by atoms with van der Waals surface area (Å²) in [5.41, 5.74) is 3.31. The van der Waals surface area contributed by atoms with Crippen LogP contribution in [0.3, 0.4) is 0 Å². The van der Waals surface area contributed by atoms with Gasteiger partial charge in [-0.15, -0.1) is 0 Å². The summed E-state index contributed by atoms with van der Waals surface area (Å²) >= 11 is 0. The maximum atomic E-state index is 13.6. The molecule has 1 aliphatic heterocycles. The Bertz CT molecular complexity index is 1100. The molecule has 2 N–H and O–H groups in total. The van der Waals surface area contributed by atoms with Gasteiger partial charge in [-0.25, -0.2) is 14.2 Å². The fourth-order valence-corrected chi connectivity index (χ4v) is 3.45. The predicted molar refractivity (Wildman–Crippen MR) is 102 cm³/mol. The second-order valence-corrected chi connectivity index (χ2v) is 6.91. The number of hydrogen-bond acceptors (Lipinski definition) is 3. The number of aliphatic imine (C=N–C) groups is 1. The molecular weight excluding hydrogens is 347 g/mol. The number of halogens is 1. The first kappa shape index (κ1) is 17.2. The summed E-state index contributed by atoms with van der Waals surface area (Å²) < 4.78 is 15.4. The lowest BCUT2D eigenvalue weighted by atomic mass is 9.84. The fourth-order valence-electron chi connectivity index (χ4n) is 3.45. The van der Waals surface area contributed by atoms with Crippen LogP contribution >= 0.6 is 0 Å². The minimum atomic E-state index is -0.995. The smallest absolute Gasteiger partial charge is 0.335 e. The van der Waals surface area contributed by atoms with Crippen LogP contribution in [0, 0.1) is 11.7 Å². The van der Waals surface area contributed by atoms with Crippen molar-refractivity contribution in [1.29, 1.82) is 0 Å². The van der Waals surface area contributed by atoms with Gasteiger partial charge in [0.2, 0.25) is 5.95 Å². The van der Waals surface area contributed by atoms with Crippen molar-refractivity contribution in [3.05, 3.63) is 53.3 Å². The quantitative estimate of drug-likeness (QED) is 0.708. The van der Waals surface area contributed by atoms with Gasteiger partial charge in [-0.05, 0) is 41.8 Å². The Morgan fingerprint density at radius 1 is 1.22 bits per heavy atom. The highest BCUT2D eigenvalue weighted by molar-refractivity contribution is 6.02. The molecule has 2 heterocycles. The number of rotatable bonds is 2. The van der Waals surface area contributed by atoms with E-state index in [2.05, 4.69) is 29.1 Å². The lowest BCUT2D eigenvalue weighted by molar-refractivity contribution is 0.0697. The first-order chi connectivity index (χ1) is 12.8. The first-order valence-corrected chi connectivity index (χ1v) is 8.70. The maximum Gasteiger partial charge on any atom is 0.335 e. The molecule has 0 radical (unpaired) electrons. The highest BCUT2D eigenvalue weighted by atomic mass is 19.1. The summed E-state index contributed by atoms with van der Waals surface area (Å²) in [5, 5.41) is 12.4. The fraction of sp³-hybridized carbons (Fsp3) is 0.250. The van der Waals surface area contributed by atoms with E-state index in [9.17, 15) is 9.18 Å². The monoisotopic (exact) mass is 366 g/mol. The Hall–Kier alpha value is -3.22. The predicted octanol–water partition coefficient (Wildman–Crippen LogP) is 4.31. The third-order valence-corrected chi connectivity index (χ3v) is 5.27. The van der Waals surface area contributed by atoms with Gasteiger partial charge < -0.3 is 15.0 Å². The highest BCUT2D eigenvalue weighted by Crippen LogP contribution is 2.37. The highest BCUT2D eigenvalue weighted by Gasteiger charge is 2.28. The number of aromatic carboxylic acids is 1. The lowest BCUT2D eigenvalue weighted by Gasteiger charge is -2.31. The van der Waals surface area contributed by atoms with Crippen LogP contribution in [-0.4, -0.2) is 26.5 Å². The Morgan fingerprint density at radius 2 is 2.00 bits per heavy atom. The number of anilines is 1. The number of carboxylic acid groups (broad SMARTS) is 1. The number of amidine groups is 1. The van der Waals surface area contributed by atoms with Crippen LogP contribution in [0.2, 0.25) is 0 Å². The Labute approximate surface area is 155 Å². The maximum absolute atomic E-state index is 13.6. The van der Waals surface area contributed by atoms with Gasteiger partial charge in [-0.3, -0.25) is 0 Å². The zero-order valence-corrected chi connectivity index (χ0v) is 15.2. The average Bonchev–Trinajstić information content (AvgIpc) is 2.94. The molecule has 0 fully saturated rings. The molecule has 1 aromatic heterocycles. The van der Waals surface area contributed by atoms with Crippen LogP contribution in [0.5, 0.6) is 0 Å². The standard InChI is InChI=1S/C20H19FN4O2/c1-10-11(2)18(22-15-9-13(21)5-6-14(10)15)24-20-23-16-8-12(19(26)27)4-7-17(16)25(20)3/h4-11H,1-3H3,(H,26,27)(H,22,23,24). The molecule has 7 heteroatoms. The number of aryl methyl sites for hydroxylation is 1. The van der Waals surface area contributed by atoms with Crippen LogP contribution in [-0.2, 0) is 7.05 Å². The van der Waals surface area contributed by atoms with E-state index in [1.807, 2.05) is 11.6 Å². The van der Waals surface area contributed by atoms with Crippen molar-refractivity contribution in [3.63, 3.8) is 0 Å². The van der Waals surface area contributed by atoms with Crippen molar-refractivity contribution in [1.82, 2.24) is 9.55 Å². The molecule has 0 saturated heterocycles. The number of benzene rings is 2. The first-order valence-electron chi connectivity index (χ1n) is 8.70. The molecule has 2 atom stereocenters. The zero-order valence-electron chi connectivity index (χ0n) is 15.2. The van der Waals surface area contributed by atoms with Crippen molar-refractivity contribution in [2.75, 3.05) is 5.32 Å². The molecule has 0 aliphatic carbocycles. The van der Waals surface area contributed by atoms with Crippen LogP contribution in [0.15, 0.2) is 41.4 Å². The molecule has 0 amide bonds. The van der Waals surface area contributed by atoms with Gasteiger partial charge >= 0.3 is 5.97 Å². The molecule has 0 spiro atoms. The van der Waals surface area contributed by atoms with E-state index >= 15 is 0 Å². The van der Waals surface area contributed by atoms with Crippen molar-refractivity contribution in [3.8, 4) is 0 Å². The summed E-state index contributed by atoms with van der Waals surface area (Å²) in [7, 11) is 1.83. The number of fused-ring (bicyclic) bond motifs is 2. The van der Waals surface area contributed by atoms with Crippen molar-refractivity contribution < 1.29 is 14.3 Å². The Balaban J connectivity index is 1.79. The zero-order chi connectivity index (χ0) is 19.3. The molecule has 0 saturated carbocycles. The summed E-state index contributed by atoms with van der Waals surface area (Å²) in [4.78, 5) is 20.3. The van der Waals surface area contributed by atoms with Gasteiger partial charge in [-0.1, -0.05) is 19.9 Å². The van der Waals surface area contributed by atoms with Gasteiger partial charge in [0.05, 0.1) is 16.6 Å². The molecule has 6 nitrogen and oxygen atoms in total. The summed E-state index contributed by atoms with van der Waals surface area (Å²) in [6.45, 7) is 4.15. The van der Waals surface area contributed by atoms with E-state index < -0.39 is 5.97 Å². The van der Waals surface area contributed by atoms with E-state index in [1.54, 1.807) is 18.2 Å². The number of nitrogens with one attached hydrogen (secondary N) is 1. The van der Waals surface area contributed by atoms with E-state index in [-0.39, 0.29) is 23.2 Å². The van der Waals surface area contributed by atoms with Crippen molar-refractivity contribution >= 4 is 34.5 Å². The number of hydrogen-bond donors (Lipinski definition) is 2. The van der Waals surface area contributed by atoms with Crippen LogP contribution < -0.4 is 5.32 Å². The van der Waals surface area contributed by atoms with Crippen LogP contribution in [0.4, 0.5) is 16.0 Å². The third-order valence-electron chi connectivity index (χ3n) is 5.27. The number of carbonyl (C=O) groups is 1. The van der Waals surface area contributed by atoms with Crippen molar-refractivity contribution in [2.45, 2.75) is 19.8 Å². The summed E-state index contributed by atoms with van der Waals surface area (Å²) in [5.74, 6) is 0.148. The SMILES string of the molecule is CC1/C(=N/c2nc3cc(C(=O)O)ccc3n2C)Nc2cc(F)ccc2C1C. The molecule has 2 unspecified atom stereocenters. The van der Waals surface area contributed by atoms with E-state index in [0.717, 1.165) is 11.1 Å². The Morgan fingerprint density at radius 3 is 2.74 bits per heavy atom. The van der Waals surface area contributed by atoms with E-state index in [0.29, 0.717) is 23.0 Å². The van der Waals surface area contributed by atoms with Gasteiger partial charge in [-0.2, -0.15) is 4.99 Å². The second-order valence-electron chi connectivity index (χ2n) is 6.91. The van der Waals surface area contributed by atoms with Gasteiger partial charge in [0.15, 0.2) is 0 Å². The van der Waals surface area contributed by atoms with Gasteiger partial charge in [0, 0.05) is 18.7 Å². The second kappa shape index (κ2) is 6.19. The van der Waals surface area contributed by atoms with Gasteiger partial charge in [0.1, 0.15) is 11.7 Å². The summed E-state index contributed by atoms with van der Waals surface area (Å²) in [6.07, 6.45) is 0.